The molecule has 1 saturated heterocycles. The number of carbonyl (C=O) groups excluding carboxylic acids is 1. The highest BCUT2D eigenvalue weighted by Gasteiger charge is 2.28. The van der Waals surface area contributed by atoms with Crippen LogP contribution in [-0.2, 0) is 15.0 Å². The number of piperazine rings is 1. The second-order valence-electron chi connectivity index (χ2n) is 4.44. The van der Waals surface area contributed by atoms with Crippen LogP contribution in [0.1, 0.15) is 20.8 Å². The van der Waals surface area contributed by atoms with Gasteiger partial charge in [-0.3, -0.25) is 4.90 Å². The van der Waals surface area contributed by atoms with Crippen LogP contribution in [0.3, 0.4) is 0 Å². The maximum atomic E-state index is 11.7. The van der Waals surface area contributed by atoms with Crippen LogP contribution in [0.25, 0.3) is 0 Å². The third-order valence-corrected chi connectivity index (χ3v) is 2.65. The van der Waals surface area contributed by atoms with Crippen molar-refractivity contribution in [1.29, 1.82) is 0 Å². The highest BCUT2D eigenvalue weighted by molar-refractivity contribution is 7.73. The molecule has 0 aromatic rings. The second-order valence-corrected chi connectivity index (χ2v) is 5.38. The van der Waals surface area contributed by atoms with Crippen molar-refractivity contribution in [3.05, 3.63) is 0 Å². The summed E-state index contributed by atoms with van der Waals surface area (Å²) >= 11 is 0. The third kappa shape index (κ3) is 3.49. The van der Waals surface area contributed by atoms with Crippen LogP contribution in [0.5, 0.6) is 0 Å². The molecule has 0 saturated carbocycles. The van der Waals surface area contributed by atoms with Crippen molar-refractivity contribution in [1.82, 2.24) is 10.2 Å². The Morgan fingerprint density at radius 3 is 2.56 bits per heavy atom. The van der Waals surface area contributed by atoms with Crippen molar-refractivity contribution in [2.75, 3.05) is 19.6 Å². The van der Waals surface area contributed by atoms with Gasteiger partial charge in [0.1, 0.15) is 5.60 Å². The van der Waals surface area contributed by atoms with Crippen LogP contribution in [0.2, 0.25) is 0 Å². The van der Waals surface area contributed by atoms with Gasteiger partial charge in [-0.2, -0.15) is 8.42 Å². The predicted octanol–water partition coefficient (Wildman–Crippen LogP) is -0.164. The molecule has 1 aliphatic heterocycles. The Bertz CT molecular complexity index is 400. The topological polar surface area (TPSA) is 75.7 Å². The van der Waals surface area contributed by atoms with Crippen molar-refractivity contribution in [2.45, 2.75) is 26.4 Å². The van der Waals surface area contributed by atoms with Crippen LogP contribution in [-0.4, -0.2) is 49.6 Å². The molecule has 1 N–H and O–H groups in total. The zero-order valence-corrected chi connectivity index (χ0v) is 10.4. The molecule has 0 aliphatic carbocycles. The Morgan fingerprint density at radius 2 is 2.06 bits per heavy atom. The smallest absolute Gasteiger partial charge is 0.415 e. The van der Waals surface area contributed by atoms with E-state index in [0.717, 1.165) is 4.90 Å². The van der Waals surface area contributed by atoms with Gasteiger partial charge in [0, 0.05) is 13.1 Å². The van der Waals surface area contributed by atoms with Crippen LogP contribution in [0.4, 0.5) is 4.79 Å². The second kappa shape index (κ2) is 4.84. The predicted molar refractivity (Wildman–Crippen MR) is 59.7 cm³/mol. The number of amides is 1. The Balaban J connectivity index is 2.85. The molecule has 0 atom stereocenters. The van der Waals surface area contributed by atoms with E-state index >= 15 is 0 Å². The van der Waals surface area contributed by atoms with Crippen LogP contribution >= 0.6 is 0 Å². The first kappa shape index (κ1) is 13.0. The molecule has 1 rings (SSSR count). The number of hydrogen-bond acceptors (Lipinski definition) is 5. The minimum Gasteiger partial charge on any atom is -0.443 e. The zero-order valence-electron chi connectivity index (χ0n) is 9.61. The van der Waals surface area contributed by atoms with Gasteiger partial charge in [0.05, 0.1) is 6.54 Å². The van der Waals surface area contributed by atoms with E-state index in [0.29, 0.717) is 13.1 Å². The quantitative estimate of drug-likeness (QED) is 0.603. The highest BCUT2D eigenvalue weighted by atomic mass is 32.2. The molecule has 6 nitrogen and oxygen atoms in total. The molecule has 0 unspecified atom stereocenters. The fourth-order valence-electron chi connectivity index (χ4n) is 1.27. The maximum Gasteiger partial charge on any atom is 0.415 e. The normalized spacial score (nSPS) is 17.2. The lowest BCUT2D eigenvalue weighted by atomic mass is 10.2. The maximum absolute atomic E-state index is 11.7. The van der Waals surface area contributed by atoms with Crippen LogP contribution in [0.15, 0.2) is 0 Å². The van der Waals surface area contributed by atoms with Gasteiger partial charge in [-0.05, 0) is 20.8 Å². The van der Waals surface area contributed by atoms with Gasteiger partial charge in [0.2, 0.25) is 10.3 Å². The van der Waals surface area contributed by atoms with Crippen molar-refractivity contribution in [3.8, 4) is 0 Å². The zero-order chi connectivity index (χ0) is 12.3. The Kier molecular flexibility index (Phi) is 3.93. The average molecular weight is 248 g/mol. The van der Waals surface area contributed by atoms with Crippen LogP contribution in [0, 0.1) is 0 Å². The number of carbonyl (C=O) groups is 1. The highest BCUT2D eigenvalue weighted by Crippen LogP contribution is 2.10. The monoisotopic (exact) mass is 248 g/mol. The number of rotatable bonds is 0. The Morgan fingerprint density at radius 1 is 1.44 bits per heavy atom. The Labute approximate surface area is 96.1 Å². The summed E-state index contributed by atoms with van der Waals surface area (Å²) < 4.78 is 26.9. The van der Waals surface area contributed by atoms with Gasteiger partial charge in [-0.15, -0.1) is 0 Å². The minimum absolute atomic E-state index is 0.0282. The SMILES string of the molecule is CC(C)(C)OC(=O)N1CCNCC1=S(=O)=O. The average Bonchev–Trinajstić information content (AvgIpc) is 2.15. The molecule has 92 valence electrons. The van der Waals surface area contributed by atoms with Crippen molar-refractivity contribution < 1.29 is 17.9 Å². The molecule has 0 bridgehead atoms. The van der Waals surface area contributed by atoms with E-state index in [1.54, 1.807) is 20.8 Å². The van der Waals surface area contributed by atoms with E-state index in [1.165, 1.54) is 0 Å². The van der Waals surface area contributed by atoms with Gasteiger partial charge in [-0.25, -0.2) is 4.79 Å². The summed E-state index contributed by atoms with van der Waals surface area (Å²) in [6.07, 6.45) is -0.617. The molecule has 0 aromatic heterocycles. The van der Waals surface area contributed by atoms with E-state index in [1.807, 2.05) is 0 Å². The molecule has 16 heavy (non-hydrogen) atoms. The van der Waals surface area contributed by atoms with Gasteiger partial charge in [0.15, 0.2) is 4.99 Å². The number of hydrogen-bond donors (Lipinski definition) is 1. The fraction of sp³-hybridized carbons (Fsp3) is 0.778. The lowest BCUT2D eigenvalue weighted by molar-refractivity contribution is 0.0363. The number of nitrogens with zero attached hydrogens (tertiary/aromatic N) is 1. The first-order valence-corrected chi connectivity index (χ1v) is 6.05. The fourth-order valence-corrected chi connectivity index (χ4v) is 1.83. The van der Waals surface area contributed by atoms with E-state index < -0.39 is 22.0 Å². The summed E-state index contributed by atoms with van der Waals surface area (Å²) in [5, 5.41) is 2.88. The molecule has 0 spiro atoms. The first-order valence-electron chi connectivity index (χ1n) is 4.97. The summed E-state index contributed by atoms with van der Waals surface area (Å²) in [7, 11) is -2.40. The van der Waals surface area contributed by atoms with E-state index in [9.17, 15) is 13.2 Å². The number of nitrogens with one attached hydrogen (secondary N) is 1. The minimum atomic E-state index is -2.40. The lowest BCUT2D eigenvalue weighted by Crippen LogP contribution is -2.52. The van der Waals surface area contributed by atoms with Crippen molar-refractivity contribution in [2.24, 2.45) is 0 Å². The van der Waals surface area contributed by atoms with E-state index in [2.05, 4.69) is 5.32 Å². The molecule has 1 heterocycles. The summed E-state index contributed by atoms with van der Waals surface area (Å²) in [4.78, 5) is 12.9. The summed E-state index contributed by atoms with van der Waals surface area (Å²) in [6.45, 7) is 6.23. The van der Waals surface area contributed by atoms with Crippen molar-refractivity contribution in [3.63, 3.8) is 0 Å². The molecule has 0 aromatic carbocycles. The molecule has 1 amide bonds. The van der Waals surface area contributed by atoms with E-state index in [-0.39, 0.29) is 11.5 Å². The summed E-state index contributed by atoms with van der Waals surface area (Å²) in [5.41, 5.74) is -0.628. The van der Waals surface area contributed by atoms with Gasteiger partial charge >= 0.3 is 6.09 Å². The molecule has 0 radical (unpaired) electrons. The molecule has 1 aliphatic rings. The third-order valence-electron chi connectivity index (χ3n) is 1.90. The molecule has 7 heteroatoms. The molecular formula is C9H16N2O4S. The van der Waals surface area contributed by atoms with Gasteiger partial charge in [0.25, 0.3) is 0 Å². The number of ether oxygens (including phenoxy) is 1. The van der Waals surface area contributed by atoms with E-state index in [4.69, 9.17) is 4.74 Å². The van der Waals surface area contributed by atoms with Gasteiger partial charge in [-0.1, -0.05) is 0 Å². The summed E-state index contributed by atoms with van der Waals surface area (Å²) in [5.74, 6) is 0. The first-order chi connectivity index (χ1) is 7.31. The Hall–Kier alpha value is -1.08. The standard InChI is InChI=1S/C9H16N2O4S/c1-9(2,3)15-8(12)11-5-4-10-6-7(11)16(13)14/h10H,4-6H2,1-3H3. The van der Waals surface area contributed by atoms with Crippen LogP contribution < -0.4 is 5.32 Å². The lowest BCUT2D eigenvalue weighted by Gasteiger charge is -2.30. The largest absolute Gasteiger partial charge is 0.443 e. The molecular weight excluding hydrogens is 232 g/mol. The van der Waals surface area contributed by atoms with Gasteiger partial charge < -0.3 is 10.1 Å². The van der Waals surface area contributed by atoms with Crippen molar-refractivity contribution >= 4 is 21.4 Å². The summed E-state index contributed by atoms with van der Waals surface area (Å²) in [6, 6.07) is 0. The molecule has 1 fully saturated rings.